The van der Waals surface area contributed by atoms with Crippen LogP contribution < -0.4 is 5.32 Å². The van der Waals surface area contributed by atoms with Gasteiger partial charge >= 0.3 is 11.9 Å². The van der Waals surface area contributed by atoms with Gasteiger partial charge in [0.15, 0.2) is 0 Å². The van der Waals surface area contributed by atoms with Gasteiger partial charge in [-0.3, -0.25) is 14.9 Å². The Morgan fingerprint density at radius 1 is 0.938 bits per heavy atom. The molecule has 2 aromatic carbocycles. The average molecular weight is 435 g/mol. The average Bonchev–Trinajstić information content (AvgIpc) is 3.20. The zero-order valence-electron chi connectivity index (χ0n) is 18.8. The molecule has 1 aliphatic rings. The normalized spacial score (nSPS) is 22.3. The lowest BCUT2D eigenvalue weighted by Gasteiger charge is -2.44. The van der Waals surface area contributed by atoms with Crippen molar-refractivity contribution in [2.24, 2.45) is 0 Å². The molecule has 1 aromatic heterocycles. The summed E-state index contributed by atoms with van der Waals surface area (Å²) in [6.07, 6.45) is 0.720. The van der Waals surface area contributed by atoms with Gasteiger partial charge in [-0.15, -0.1) is 0 Å². The Hall–Kier alpha value is -3.12. The van der Waals surface area contributed by atoms with E-state index < -0.39 is 11.6 Å². The highest BCUT2D eigenvalue weighted by Gasteiger charge is 2.50. The molecule has 0 unspecified atom stereocenters. The fraction of sp³-hybridized carbons (Fsp3) is 0.385. The van der Waals surface area contributed by atoms with Crippen molar-refractivity contribution in [2.45, 2.75) is 51.1 Å². The maximum atomic E-state index is 13.3. The number of aromatic nitrogens is 1. The summed E-state index contributed by atoms with van der Waals surface area (Å²) >= 11 is 0. The van der Waals surface area contributed by atoms with Gasteiger partial charge in [-0.1, -0.05) is 55.5 Å². The Balaban J connectivity index is 1.98. The number of aromatic amines is 1. The van der Waals surface area contributed by atoms with Crippen molar-refractivity contribution in [3.05, 3.63) is 71.4 Å². The van der Waals surface area contributed by atoms with E-state index in [1.54, 1.807) is 13.8 Å². The predicted molar refractivity (Wildman–Crippen MR) is 123 cm³/mol. The molecular formula is C26H30N2O4. The molecular weight excluding hydrogens is 404 g/mol. The molecule has 0 bridgehead atoms. The van der Waals surface area contributed by atoms with E-state index in [1.165, 1.54) is 0 Å². The van der Waals surface area contributed by atoms with E-state index in [0.29, 0.717) is 13.0 Å². The van der Waals surface area contributed by atoms with Crippen molar-refractivity contribution in [1.82, 2.24) is 10.3 Å². The van der Waals surface area contributed by atoms with Crippen LogP contribution in [0.2, 0.25) is 0 Å². The summed E-state index contributed by atoms with van der Waals surface area (Å²) in [5.41, 5.74) is 3.19. The third-order valence-corrected chi connectivity index (χ3v) is 6.36. The Bertz CT molecular complexity index is 1110. The Kier molecular flexibility index (Phi) is 6.33. The standard InChI is InChI=1S/C26H30N2O4/c1-4-26(16-20(29)31-5-2)24-22(18-14-10-11-15-19(18)27-24)21(17-12-8-7-9-13-17)23(28-26)25(30)32-6-3/h7-15,21,23,27-28H,4-6,16H2,1-3H3/t21-,23-,26-/m1/s1. The monoisotopic (exact) mass is 434 g/mol. The lowest BCUT2D eigenvalue weighted by Crippen LogP contribution is -2.58. The molecule has 3 aromatic rings. The molecule has 3 atom stereocenters. The molecule has 0 spiro atoms. The van der Waals surface area contributed by atoms with E-state index in [0.717, 1.165) is 27.7 Å². The molecule has 32 heavy (non-hydrogen) atoms. The van der Waals surface area contributed by atoms with Crippen LogP contribution in [0.15, 0.2) is 54.6 Å². The van der Waals surface area contributed by atoms with Gasteiger partial charge in [-0.05, 0) is 37.5 Å². The van der Waals surface area contributed by atoms with Gasteiger partial charge in [-0.25, -0.2) is 0 Å². The van der Waals surface area contributed by atoms with Gasteiger partial charge in [0.05, 0.1) is 25.2 Å². The second kappa shape index (κ2) is 9.17. The zero-order valence-corrected chi connectivity index (χ0v) is 18.8. The van der Waals surface area contributed by atoms with Crippen LogP contribution in [0.1, 0.15) is 56.4 Å². The smallest absolute Gasteiger partial charge is 0.324 e. The minimum absolute atomic E-state index is 0.120. The number of hydrogen-bond acceptors (Lipinski definition) is 5. The summed E-state index contributed by atoms with van der Waals surface area (Å²) in [6, 6.07) is 17.4. The van der Waals surface area contributed by atoms with Crippen LogP contribution in [0, 0.1) is 0 Å². The highest BCUT2D eigenvalue weighted by Crippen LogP contribution is 2.47. The number of rotatable bonds is 7. The predicted octanol–water partition coefficient (Wildman–Crippen LogP) is 4.39. The number of benzene rings is 2. The molecule has 0 aliphatic carbocycles. The lowest BCUT2D eigenvalue weighted by atomic mass is 9.72. The fourth-order valence-electron chi connectivity index (χ4n) is 4.93. The first-order valence-corrected chi connectivity index (χ1v) is 11.3. The molecule has 0 radical (unpaired) electrons. The van der Waals surface area contributed by atoms with E-state index in [-0.39, 0.29) is 30.9 Å². The first-order chi connectivity index (χ1) is 15.5. The Labute approximate surface area is 188 Å². The summed E-state index contributed by atoms with van der Waals surface area (Å²) in [7, 11) is 0. The lowest BCUT2D eigenvalue weighted by molar-refractivity contribution is -0.150. The number of H-pyrrole nitrogens is 1. The summed E-state index contributed by atoms with van der Waals surface area (Å²) in [5, 5.41) is 4.60. The van der Waals surface area contributed by atoms with Gasteiger partial charge in [0, 0.05) is 22.5 Å². The van der Waals surface area contributed by atoms with Gasteiger partial charge in [0.2, 0.25) is 0 Å². The molecule has 0 saturated carbocycles. The van der Waals surface area contributed by atoms with E-state index in [9.17, 15) is 9.59 Å². The number of ether oxygens (including phenoxy) is 2. The van der Waals surface area contributed by atoms with Gasteiger partial charge < -0.3 is 14.5 Å². The molecule has 168 valence electrons. The first kappa shape index (κ1) is 22.1. The van der Waals surface area contributed by atoms with E-state index >= 15 is 0 Å². The number of carbonyl (C=O) groups is 2. The molecule has 4 rings (SSSR count). The molecule has 0 saturated heterocycles. The summed E-state index contributed by atoms with van der Waals surface area (Å²) in [4.78, 5) is 29.5. The molecule has 1 aliphatic heterocycles. The van der Waals surface area contributed by atoms with Crippen molar-refractivity contribution in [3.8, 4) is 0 Å². The fourth-order valence-corrected chi connectivity index (χ4v) is 4.93. The topological polar surface area (TPSA) is 80.4 Å². The van der Waals surface area contributed by atoms with Crippen LogP contribution in [-0.2, 0) is 24.6 Å². The van der Waals surface area contributed by atoms with Crippen LogP contribution in [-0.4, -0.2) is 36.2 Å². The van der Waals surface area contributed by atoms with Crippen molar-refractivity contribution >= 4 is 22.8 Å². The van der Waals surface area contributed by atoms with Gasteiger partial charge in [0.25, 0.3) is 0 Å². The zero-order chi connectivity index (χ0) is 22.7. The highest BCUT2D eigenvalue weighted by molar-refractivity contribution is 5.90. The summed E-state index contributed by atoms with van der Waals surface area (Å²) in [6.45, 7) is 6.22. The number of carbonyl (C=O) groups excluding carboxylic acids is 2. The largest absolute Gasteiger partial charge is 0.466 e. The van der Waals surface area contributed by atoms with Gasteiger partial charge in [-0.2, -0.15) is 0 Å². The van der Waals surface area contributed by atoms with Crippen LogP contribution >= 0.6 is 0 Å². The summed E-state index contributed by atoms with van der Waals surface area (Å²) < 4.78 is 10.8. The number of nitrogens with one attached hydrogen (secondary N) is 2. The van der Waals surface area contributed by atoms with Crippen molar-refractivity contribution < 1.29 is 19.1 Å². The molecule has 0 amide bonds. The van der Waals surface area contributed by atoms with E-state index in [2.05, 4.69) is 16.4 Å². The third-order valence-electron chi connectivity index (χ3n) is 6.36. The molecule has 2 N–H and O–H groups in total. The van der Waals surface area contributed by atoms with Crippen molar-refractivity contribution in [1.29, 1.82) is 0 Å². The highest BCUT2D eigenvalue weighted by atomic mass is 16.5. The van der Waals surface area contributed by atoms with E-state index in [4.69, 9.17) is 9.47 Å². The molecule has 6 nitrogen and oxygen atoms in total. The minimum atomic E-state index is -0.774. The molecule has 6 heteroatoms. The van der Waals surface area contributed by atoms with Crippen molar-refractivity contribution in [3.63, 3.8) is 0 Å². The molecule has 2 heterocycles. The SMILES string of the molecule is CCOC(=O)C[C@@]1(CC)N[C@@H](C(=O)OCC)[C@H](c2ccccc2)c2c1[nH]c1ccccc21. The maximum Gasteiger partial charge on any atom is 0.324 e. The Morgan fingerprint density at radius 2 is 1.62 bits per heavy atom. The van der Waals surface area contributed by atoms with Crippen LogP contribution in [0.25, 0.3) is 10.9 Å². The minimum Gasteiger partial charge on any atom is -0.466 e. The summed E-state index contributed by atoms with van der Waals surface area (Å²) in [5.74, 6) is -0.880. The quantitative estimate of drug-likeness (QED) is 0.539. The first-order valence-electron chi connectivity index (χ1n) is 11.3. The van der Waals surface area contributed by atoms with Crippen LogP contribution in [0.3, 0.4) is 0 Å². The third kappa shape index (κ3) is 3.79. The number of fused-ring (bicyclic) bond motifs is 3. The van der Waals surface area contributed by atoms with Crippen LogP contribution in [0.4, 0.5) is 0 Å². The van der Waals surface area contributed by atoms with Gasteiger partial charge in [0.1, 0.15) is 6.04 Å². The van der Waals surface area contributed by atoms with E-state index in [1.807, 2.05) is 55.5 Å². The Morgan fingerprint density at radius 3 is 2.31 bits per heavy atom. The van der Waals surface area contributed by atoms with Crippen LogP contribution in [0.5, 0.6) is 0 Å². The number of hydrogen-bond donors (Lipinski definition) is 2. The van der Waals surface area contributed by atoms with Crippen molar-refractivity contribution in [2.75, 3.05) is 13.2 Å². The maximum absolute atomic E-state index is 13.3. The second-order valence-electron chi connectivity index (χ2n) is 8.14. The molecule has 0 fully saturated rings. The number of esters is 2. The second-order valence-corrected chi connectivity index (χ2v) is 8.14. The number of para-hydroxylation sites is 1.